The average Bonchev–Trinajstić information content (AvgIpc) is 2.57. The molecule has 0 saturated carbocycles. The first-order valence-electron chi connectivity index (χ1n) is 7.46. The van der Waals surface area contributed by atoms with E-state index in [4.69, 9.17) is 11.6 Å². The van der Waals surface area contributed by atoms with Gasteiger partial charge in [-0.25, -0.2) is 0 Å². The number of carbonyl (C=O) groups is 1. The standard InChI is InChI=1S/C18H16ClN3O2/c1-11-3-5-12(6-4-11)10-20-18(24)16-17(23)14-9-13(19)7-8-15(14)22(2)21-16/h3-9H,10H2,1-2H3,(H,20,24). The lowest BCUT2D eigenvalue weighted by atomic mass is 10.1. The summed E-state index contributed by atoms with van der Waals surface area (Å²) in [7, 11) is 1.69. The zero-order chi connectivity index (χ0) is 17.3. The normalized spacial score (nSPS) is 10.8. The highest BCUT2D eigenvalue weighted by Crippen LogP contribution is 2.15. The first kappa shape index (κ1) is 16.2. The Morgan fingerprint density at radius 2 is 1.92 bits per heavy atom. The van der Waals surface area contributed by atoms with E-state index >= 15 is 0 Å². The summed E-state index contributed by atoms with van der Waals surface area (Å²) in [5, 5.41) is 7.66. The van der Waals surface area contributed by atoms with Crippen LogP contribution in [-0.4, -0.2) is 15.7 Å². The van der Waals surface area contributed by atoms with Crippen LogP contribution in [0.4, 0.5) is 0 Å². The molecule has 3 aromatic rings. The van der Waals surface area contributed by atoms with Crippen LogP contribution in [-0.2, 0) is 13.6 Å². The number of hydrogen-bond donors (Lipinski definition) is 1. The topological polar surface area (TPSA) is 64.0 Å². The quantitative estimate of drug-likeness (QED) is 0.796. The van der Waals surface area contributed by atoms with Crippen LogP contribution in [0.3, 0.4) is 0 Å². The van der Waals surface area contributed by atoms with Crippen molar-refractivity contribution >= 4 is 28.4 Å². The van der Waals surface area contributed by atoms with Gasteiger partial charge in [0, 0.05) is 18.6 Å². The summed E-state index contributed by atoms with van der Waals surface area (Å²) >= 11 is 5.96. The van der Waals surface area contributed by atoms with Crippen LogP contribution >= 0.6 is 11.6 Å². The maximum Gasteiger partial charge on any atom is 0.276 e. The molecule has 2 aromatic carbocycles. The van der Waals surface area contributed by atoms with Crippen molar-refractivity contribution in [3.63, 3.8) is 0 Å². The van der Waals surface area contributed by atoms with Gasteiger partial charge in [-0.3, -0.25) is 14.3 Å². The summed E-state index contributed by atoms with van der Waals surface area (Å²) in [4.78, 5) is 24.9. The second kappa shape index (κ2) is 6.45. The number of nitrogens with one attached hydrogen (secondary N) is 1. The minimum absolute atomic E-state index is 0.139. The first-order chi connectivity index (χ1) is 11.5. The van der Waals surface area contributed by atoms with Crippen molar-refractivity contribution in [3.8, 4) is 0 Å². The van der Waals surface area contributed by atoms with E-state index < -0.39 is 11.3 Å². The molecule has 1 heterocycles. The minimum Gasteiger partial charge on any atom is -0.346 e. The number of fused-ring (bicyclic) bond motifs is 1. The van der Waals surface area contributed by atoms with Crippen molar-refractivity contribution < 1.29 is 4.79 Å². The lowest BCUT2D eigenvalue weighted by Gasteiger charge is -2.09. The Labute approximate surface area is 143 Å². The predicted molar refractivity (Wildman–Crippen MR) is 94.3 cm³/mol. The molecule has 0 unspecified atom stereocenters. The van der Waals surface area contributed by atoms with E-state index in [1.165, 1.54) is 4.68 Å². The fraction of sp³-hybridized carbons (Fsp3) is 0.167. The van der Waals surface area contributed by atoms with Gasteiger partial charge >= 0.3 is 0 Å². The van der Waals surface area contributed by atoms with Crippen molar-refractivity contribution in [2.24, 2.45) is 7.05 Å². The number of nitrogens with zero attached hydrogens (tertiary/aromatic N) is 2. The van der Waals surface area contributed by atoms with Crippen LogP contribution in [0.25, 0.3) is 10.9 Å². The number of benzene rings is 2. The molecule has 0 atom stereocenters. The Morgan fingerprint density at radius 3 is 2.62 bits per heavy atom. The molecule has 6 heteroatoms. The third-order valence-electron chi connectivity index (χ3n) is 3.81. The van der Waals surface area contributed by atoms with E-state index in [-0.39, 0.29) is 5.69 Å². The van der Waals surface area contributed by atoms with Crippen molar-refractivity contribution in [1.29, 1.82) is 0 Å². The Bertz CT molecular complexity index is 978. The molecule has 0 aliphatic heterocycles. The maximum atomic E-state index is 12.5. The van der Waals surface area contributed by atoms with Gasteiger partial charge < -0.3 is 5.32 Å². The van der Waals surface area contributed by atoms with Gasteiger partial charge in [0.25, 0.3) is 5.91 Å². The van der Waals surface area contributed by atoms with Crippen molar-refractivity contribution in [2.75, 3.05) is 0 Å². The minimum atomic E-state index is -0.502. The zero-order valence-electron chi connectivity index (χ0n) is 13.3. The number of aromatic nitrogens is 2. The molecule has 122 valence electrons. The molecule has 1 N–H and O–H groups in total. The molecule has 5 nitrogen and oxygen atoms in total. The average molecular weight is 342 g/mol. The number of hydrogen-bond acceptors (Lipinski definition) is 3. The lowest BCUT2D eigenvalue weighted by molar-refractivity contribution is 0.0943. The van der Waals surface area contributed by atoms with Crippen LogP contribution in [0.1, 0.15) is 21.6 Å². The molecular formula is C18H16ClN3O2. The molecule has 3 rings (SSSR count). The highest BCUT2D eigenvalue weighted by Gasteiger charge is 2.16. The van der Waals surface area contributed by atoms with E-state index in [1.54, 1.807) is 25.2 Å². The Hall–Kier alpha value is -2.66. The van der Waals surface area contributed by atoms with Crippen LogP contribution < -0.4 is 10.7 Å². The first-order valence-corrected chi connectivity index (χ1v) is 7.84. The fourth-order valence-electron chi connectivity index (χ4n) is 2.47. The molecule has 0 fully saturated rings. The Morgan fingerprint density at radius 1 is 1.21 bits per heavy atom. The van der Waals surface area contributed by atoms with E-state index in [9.17, 15) is 9.59 Å². The summed E-state index contributed by atoms with van der Waals surface area (Å²) in [6.45, 7) is 2.33. The molecular weight excluding hydrogens is 326 g/mol. The summed E-state index contributed by atoms with van der Waals surface area (Å²) in [6.07, 6.45) is 0. The molecule has 0 saturated heterocycles. The molecule has 0 aliphatic carbocycles. The van der Waals surface area contributed by atoms with Gasteiger partial charge in [-0.05, 0) is 30.7 Å². The Balaban J connectivity index is 1.91. The molecule has 0 aliphatic rings. The Kier molecular flexibility index (Phi) is 4.36. The number of aryl methyl sites for hydroxylation is 2. The fourth-order valence-corrected chi connectivity index (χ4v) is 2.64. The lowest BCUT2D eigenvalue weighted by Crippen LogP contribution is -2.31. The third kappa shape index (κ3) is 3.16. The molecule has 24 heavy (non-hydrogen) atoms. The highest BCUT2D eigenvalue weighted by molar-refractivity contribution is 6.31. The van der Waals surface area contributed by atoms with E-state index in [0.29, 0.717) is 22.5 Å². The predicted octanol–water partition coefficient (Wildman–Crippen LogP) is 2.83. The third-order valence-corrected chi connectivity index (χ3v) is 4.04. The molecule has 1 aromatic heterocycles. The van der Waals surface area contributed by atoms with Crippen LogP contribution in [0, 0.1) is 6.92 Å². The molecule has 0 radical (unpaired) electrons. The molecule has 1 amide bonds. The summed E-state index contributed by atoms with van der Waals surface area (Å²) < 4.78 is 1.51. The van der Waals surface area contributed by atoms with Gasteiger partial charge in [0.1, 0.15) is 0 Å². The zero-order valence-corrected chi connectivity index (χ0v) is 14.1. The van der Waals surface area contributed by atoms with E-state index in [0.717, 1.165) is 11.1 Å². The SMILES string of the molecule is Cc1ccc(CNC(=O)c2nn(C)c3ccc(Cl)cc3c2=O)cc1. The number of halogens is 1. The van der Waals surface area contributed by atoms with Gasteiger partial charge in [-0.2, -0.15) is 5.10 Å². The number of amides is 1. The van der Waals surface area contributed by atoms with Gasteiger partial charge in [0.05, 0.1) is 10.9 Å². The number of carbonyl (C=O) groups excluding carboxylic acids is 1. The summed E-state index contributed by atoms with van der Waals surface area (Å²) in [5.41, 5.74) is 2.16. The highest BCUT2D eigenvalue weighted by atomic mass is 35.5. The van der Waals surface area contributed by atoms with Gasteiger partial charge in [-0.1, -0.05) is 41.4 Å². The van der Waals surface area contributed by atoms with Crippen LogP contribution in [0.15, 0.2) is 47.3 Å². The van der Waals surface area contributed by atoms with Crippen LogP contribution in [0.5, 0.6) is 0 Å². The van der Waals surface area contributed by atoms with Gasteiger partial charge in [0.15, 0.2) is 5.69 Å². The van der Waals surface area contributed by atoms with E-state index in [2.05, 4.69) is 10.4 Å². The van der Waals surface area contributed by atoms with Gasteiger partial charge in [-0.15, -0.1) is 0 Å². The van der Waals surface area contributed by atoms with Crippen molar-refractivity contribution in [2.45, 2.75) is 13.5 Å². The van der Waals surface area contributed by atoms with Crippen LogP contribution in [0.2, 0.25) is 5.02 Å². The van der Waals surface area contributed by atoms with Gasteiger partial charge in [0.2, 0.25) is 5.43 Å². The number of rotatable bonds is 3. The van der Waals surface area contributed by atoms with Crippen molar-refractivity contribution in [1.82, 2.24) is 15.1 Å². The molecule has 0 spiro atoms. The van der Waals surface area contributed by atoms with Crippen molar-refractivity contribution in [3.05, 3.63) is 74.5 Å². The smallest absolute Gasteiger partial charge is 0.276 e. The maximum absolute atomic E-state index is 12.5. The largest absolute Gasteiger partial charge is 0.346 e. The summed E-state index contributed by atoms with van der Waals surface area (Å²) in [5.74, 6) is -0.502. The molecule has 0 bridgehead atoms. The van der Waals surface area contributed by atoms with E-state index in [1.807, 2.05) is 31.2 Å². The second-order valence-corrected chi connectivity index (χ2v) is 6.07. The second-order valence-electron chi connectivity index (χ2n) is 5.63. The summed E-state index contributed by atoms with van der Waals surface area (Å²) in [6, 6.07) is 12.7. The monoisotopic (exact) mass is 341 g/mol.